The number of hydrogen-bond donors (Lipinski definition) is 2. The van der Waals surface area contributed by atoms with Crippen molar-refractivity contribution in [1.29, 1.82) is 15.8 Å². The highest BCUT2D eigenvalue weighted by molar-refractivity contribution is 6.36. The molecule has 2 radical (unpaired) electrons. The van der Waals surface area contributed by atoms with E-state index in [4.69, 9.17) is 19.4 Å². The summed E-state index contributed by atoms with van der Waals surface area (Å²) in [5.41, 5.74) is 2.82. The second-order valence-corrected chi connectivity index (χ2v) is 10.8. The Kier molecular flexibility index (Phi) is 7.42. The number of nitriles is 3. The van der Waals surface area contributed by atoms with E-state index in [1.54, 1.807) is 24.3 Å². The molecule has 2 atom stereocenters. The molecule has 3 aromatic carbocycles. The Hall–Kier alpha value is -5.37. The molecule has 2 heterocycles. The van der Waals surface area contributed by atoms with Gasteiger partial charge >= 0.3 is 0 Å². The second kappa shape index (κ2) is 11.5. The van der Waals surface area contributed by atoms with E-state index in [1.807, 2.05) is 53.3 Å². The van der Waals surface area contributed by atoms with Crippen LogP contribution in [0.5, 0.6) is 0 Å². The number of aromatic nitrogens is 4. The van der Waals surface area contributed by atoms with E-state index in [2.05, 4.69) is 44.1 Å². The second-order valence-electron chi connectivity index (χ2n) is 10.4. The van der Waals surface area contributed by atoms with Crippen LogP contribution in [0.4, 0.5) is 11.4 Å². The van der Waals surface area contributed by atoms with E-state index in [1.165, 1.54) is 6.20 Å². The third-order valence-electron chi connectivity index (χ3n) is 7.49. The minimum atomic E-state index is -1.39. The van der Waals surface area contributed by atoms with Gasteiger partial charge in [0.05, 0.1) is 69.6 Å². The van der Waals surface area contributed by atoms with Gasteiger partial charge in [-0.25, -0.2) is 4.68 Å². The van der Waals surface area contributed by atoms with Gasteiger partial charge in [-0.3, -0.25) is 4.98 Å². The zero-order valence-electron chi connectivity index (χ0n) is 22.9. The number of nitrogens with zero attached hydrogens (tertiary/aromatic N) is 7. The smallest absolute Gasteiger partial charge is 0.119 e. The van der Waals surface area contributed by atoms with Crippen molar-refractivity contribution in [3.8, 4) is 18.2 Å². The Morgan fingerprint density at radius 1 is 1.05 bits per heavy atom. The van der Waals surface area contributed by atoms with Crippen molar-refractivity contribution < 1.29 is 0 Å². The van der Waals surface area contributed by atoms with E-state index < -0.39 is 5.44 Å². The van der Waals surface area contributed by atoms with E-state index >= 15 is 0 Å². The van der Waals surface area contributed by atoms with Gasteiger partial charge in [0, 0.05) is 17.3 Å². The maximum atomic E-state index is 10.0. The van der Waals surface area contributed by atoms with Crippen LogP contribution in [0.15, 0.2) is 79.1 Å². The number of benzene rings is 3. The van der Waals surface area contributed by atoms with Gasteiger partial charge in [-0.1, -0.05) is 59.3 Å². The summed E-state index contributed by atoms with van der Waals surface area (Å²) in [7, 11) is 7.12. The fraction of sp³-hybridized carbons (Fsp3) is 0.188. The molecule has 0 amide bonds. The van der Waals surface area contributed by atoms with E-state index in [9.17, 15) is 15.8 Å². The zero-order valence-corrected chi connectivity index (χ0v) is 23.6. The maximum absolute atomic E-state index is 10.0. The van der Waals surface area contributed by atoms with Gasteiger partial charge in [-0.15, -0.1) is 5.10 Å². The lowest BCUT2D eigenvalue weighted by Crippen LogP contribution is -2.38. The molecule has 1 unspecified atom stereocenters. The molecule has 9 nitrogen and oxygen atoms in total. The lowest BCUT2D eigenvalue weighted by Gasteiger charge is -2.32. The highest BCUT2D eigenvalue weighted by Crippen LogP contribution is 2.39. The Balaban J connectivity index is 1.48. The molecule has 2 aromatic heterocycles. The number of rotatable bonds is 9. The molecule has 11 heteroatoms. The lowest BCUT2D eigenvalue weighted by atomic mass is 9.69. The van der Waals surface area contributed by atoms with Crippen LogP contribution < -0.4 is 10.6 Å². The molecule has 43 heavy (non-hydrogen) atoms. The standard InChI is InChI=1S/C32H23BClN9/c33-32(23-8-4-5-20(13-23)16-36,29-19-43(42-41-29)25-9-10-25)40-24-14-26-30(22(17-37)18-38-31(26)27(34)15-24)39-28(11-12-35)21-6-2-1-3-7-21/h1-8,13-15,18-19,25,28,40H,9-11H2,(H,38,39)/t28-,32?/m0/s1. The summed E-state index contributed by atoms with van der Waals surface area (Å²) in [4.78, 5) is 4.46. The number of anilines is 2. The SMILES string of the molecule is [B]C(Nc1cc(Cl)c2ncc(C#N)c(N[C@@H](CC#N)c3ccccc3)c2c1)(c1cccc(C#N)c1)c1cn(C2CC2)nn1. The minimum absolute atomic E-state index is 0.169. The molecule has 0 spiro atoms. The molecule has 1 aliphatic rings. The Bertz CT molecular complexity index is 1950. The summed E-state index contributed by atoms with van der Waals surface area (Å²) in [5, 5.41) is 45.6. The first-order chi connectivity index (χ1) is 20.9. The first-order valence-corrected chi connectivity index (χ1v) is 14.0. The van der Waals surface area contributed by atoms with Crippen molar-refractivity contribution >= 4 is 41.7 Å². The van der Waals surface area contributed by atoms with Crippen LogP contribution in [0.25, 0.3) is 10.9 Å². The van der Waals surface area contributed by atoms with Gasteiger partial charge in [-0.2, -0.15) is 15.8 Å². The molecule has 0 aliphatic heterocycles. The van der Waals surface area contributed by atoms with Gasteiger partial charge in [-0.05, 0) is 48.2 Å². The average Bonchev–Trinajstić information content (AvgIpc) is 3.76. The first kappa shape index (κ1) is 27.8. The molecular formula is C32H23BClN9. The molecule has 0 saturated heterocycles. The van der Waals surface area contributed by atoms with Crippen LogP contribution in [-0.2, 0) is 5.44 Å². The summed E-state index contributed by atoms with van der Waals surface area (Å²) < 4.78 is 1.81. The summed E-state index contributed by atoms with van der Waals surface area (Å²) in [6.07, 6.45) is 5.51. The van der Waals surface area contributed by atoms with Crippen LogP contribution in [0, 0.1) is 34.0 Å². The molecule has 0 bridgehead atoms. The van der Waals surface area contributed by atoms with Gasteiger partial charge in [0.25, 0.3) is 0 Å². The highest BCUT2D eigenvalue weighted by atomic mass is 35.5. The topological polar surface area (TPSA) is 139 Å². The van der Waals surface area contributed by atoms with Crippen LogP contribution in [0.1, 0.15) is 59.3 Å². The first-order valence-electron chi connectivity index (χ1n) is 13.6. The molecule has 1 saturated carbocycles. The summed E-state index contributed by atoms with van der Waals surface area (Å²) in [6.45, 7) is 0. The Morgan fingerprint density at radius 2 is 1.86 bits per heavy atom. The predicted octanol–water partition coefficient (Wildman–Crippen LogP) is 6.11. The van der Waals surface area contributed by atoms with Gasteiger partial charge in [0.15, 0.2) is 0 Å². The lowest BCUT2D eigenvalue weighted by molar-refractivity contribution is 0.610. The molecule has 1 aliphatic carbocycles. The van der Waals surface area contributed by atoms with Crippen molar-refractivity contribution in [2.24, 2.45) is 0 Å². The van der Waals surface area contributed by atoms with Crippen LogP contribution >= 0.6 is 11.6 Å². The monoisotopic (exact) mass is 579 g/mol. The molecule has 1 fully saturated rings. The molecule has 5 aromatic rings. The van der Waals surface area contributed by atoms with Crippen LogP contribution in [0.2, 0.25) is 5.02 Å². The third-order valence-corrected chi connectivity index (χ3v) is 7.77. The average molecular weight is 580 g/mol. The van der Waals surface area contributed by atoms with Gasteiger partial charge in [0.2, 0.25) is 0 Å². The van der Waals surface area contributed by atoms with E-state index in [0.717, 1.165) is 18.4 Å². The summed E-state index contributed by atoms with van der Waals surface area (Å²) >= 11 is 6.79. The fourth-order valence-corrected chi connectivity index (χ4v) is 5.36. The number of nitrogens with one attached hydrogen (secondary N) is 2. The number of fused-ring (bicyclic) bond motifs is 1. The minimum Gasteiger partial charge on any atom is -0.378 e. The highest BCUT2D eigenvalue weighted by Gasteiger charge is 2.34. The van der Waals surface area contributed by atoms with Gasteiger partial charge in [0.1, 0.15) is 19.6 Å². The van der Waals surface area contributed by atoms with Crippen LogP contribution in [-0.4, -0.2) is 27.8 Å². The van der Waals surface area contributed by atoms with Crippen molar-refractivity contribution in [2.45, 2.75) is 36.8 Å². The number of pyridine rings is 1. The summed E-state index contributed by atoms with van der Waals surface area (Å²) in [5.74, 6) is 0. The zero-order chi connectivity index (χ0) is 30.0. The normalized spacial score (nSPS) is 14.6. The molecule has 2 N–H and O–H groups in total. The summed E-state index contributed by atoms with van der Waals surface area (Å²) in [6, 6.07) is 26.6. The molecule has 6 rings (SSSR count). The quantitative estimate of drug-likeness (QED) is 0.200. The van der Waals surface area contributed by atoms with Crippen molar-refractivity contribution in [1.82, 2.24) is 20.0 Å². The molecular weight excluding hydrogens is 557 g/mol. The third kappa shape index (κ3) is 5.47. The van der Waals surface area contributed by atoms with Gasteiger partial charge < -0.3 is 10.6 Å². The Labute approximate surface area is 254 Å². The van der Waals surface area contributed by atoms with E-state index in [-0.39, 0.29) is 12.5 Å². The number of halogens is 1. The fourth-order valence-electron chi connectivity index (χ4n) is 5.10. The van der Waals surface area contributed by atoms with E-state index in [0.29, 0.717) is 55.7 Å². The van der Waals surface area contributed by atoms with Crippen molar-refractivity contribution in [2.75, 3.05) is 10.6 Å². The van der Waals surface area contributed by atoms with Crippen LogP contribution in [0.3, 0.4) is 0 Å². The largest absolute Gasteiger partial charge is 0.378 e. The number of hydrogen-bond acceptors (Lipinski definition) is 8. The predicted molar refractivity (Wildman–Crippen MR) is 164 cm³/mol. The molecule has 206 valence electrons. The Morgan fingerprint density at radius 3 is 2.58 bits per heavy atom. The maximum Gasteiger partial charge on any atom is 0.119 e. The van der Waals surface area contributed by atoms with Crippen molar-refractivity contribution in [3.05, 3.63) is 112 Å². The van der Waals surface area contributed by atoms with Crippen molar-refractivity contribution in [3.63, 3.8) is 0 Å².